The van der Waals surface area contributed by atoms with Crippen LogP contribution in [0.2, 0.25) is 0 Å². The topological polar surface area (TPSA) is 29.5 Å². The van der Waals surface area contributed by atoms with Crippen LogP contribution in [0.4, 0.5) is 13.2 Å². The van der Waals surface area contributed by atoms with Gasteiger partial charge >= 0.3 is 6.18 Å². The van der Waals surface area contributed by atoms with Gasteiger partial charge in [-0.25, -0.2) is 0 Å². The molecule has 2 nitrogen and oxygen atoms in total. The third-order valence-electron chi connectivity index (χ3n) is 2.73. The van der Waals surface area contributed by atoms with E-state index in [1.54, 1.807) is 0 Å². The van der Waals surface area contributed by atoms with Crippen LogP contribution in [-0.4, -0.2) is 17.9 Å². The van der Waals surface area contributed by atoms with E-state index in [1.807, 2.05) is 0 Å². The summed E-state index contributed by atoms with van der Waals surface area (Å²) in [7, 11) is 0. The molecule has 1 aliphatic rings. The Balaban J connectivity index is 2.23. The second kappa shape index (κ2) is 3.97. The lowest BCUT2D eigenvalue weighted by molar-refractivity contribution is -0.187. The first-order chi connectivity index (χ1) is 7.48. The SMILES string of the molecule is Oc1ccc([C@H]2OCC[C@H]2C(F)(F)F)cc1. The van der Waals surface area contributed by atoms with Crippen LogP contribution in [0.25, 0.3) is 0 Å². The Bertz CT molecular complexity index is 358. The van der Waals surface area contributed by atoms with Gasteiger partial charge in [-0.15, -0.1) is 0 Å². The van der Waals surface area contributed by atoms with Gasteiger partial charge in [0.05, 0.1) is 12.0 Å². The molecule has 0 radical (unpaired) electrons. The molecule has 1 fully saturated rings. The van der Waals surface area contributed by atoms with Crippen LogP contribution in [-0.2, 0) is 4.74 Å². The van der Waals surface area contributed by atoms with Crippen LogP contribution in [0.3, 0.4) is 0 Å². The number of rotatable bonds is 1. The molecule has 0 aliphatic carbocycles. The fourth-order valence-electron chi connectivity index (χ4n) is 1.92. The maximum Gasteiger partial charge on any atom is 0.394 e. The van der Waals surface area contributed by atoms with Gasteiger partial charge in [-0.2, -0.15) is 13.2 Å². The highest BCUT2D eigenvalue weighted by molar-refractivity contribution is 5.28. The van der Waals surface area contributed by atoms with Crippen molar-refractivity contribution in [1.82, 2.24) is 0 Å². The number of phenolic OH excluding ortho intramolecular Hbond substituents is 1. The fraction of sp³-hybridized carbons (Fsp3) is 0.455. The minimum atomic E-state index is -4.24. The Kier molecular flexibility index (Phi) is 2.80. The quantitative estimate of drug-likeness (QED) is 0.806. The first-order valence-corrected chi connectivity index (χ1v) is 4.96. The predicted octanol–water partition coefficient (Wildman–Crippen LogP) is 3.03. The van der Waals surface area contributed by atoms with Gasteiger partial charge in [0.15, 0.2) is 0 Å². The maximum atomic E-state index is 12.6. The summed E-state index contributed by atoms with van der Waals surface area (Å²) in [6, 6.07) is 5.66. The Labute approximate surface area is 90.7 Å². The second-order valence-electron chi connectivity index (χ2n) is 3.82. The van der Waals surface area contributed by atoms with E-state index in [9.17, 15) is 13.2 Å². The Morgan fingerprint density at radius 2 is 1.81 bits per heavy atom. The number of hydrogen-bond acceptors (Lipinski definition) is 2. The minimum Gasteiger partial charge on any atom is -0.508 e. The summed E-state index contributed by atoms with van der Waals surface area (Å²) >= 11 is 0. The van der Waals surface area contributed by atoms with Gasteiger partial charge in [0, 0.05) is 6.61 Å². The van der Waals surface area contributed by atoms with Crippen molar-refractivity contribution in [3.8, 4) is 5.75 Å². The molecular formula is C11H11F3O2. The average Bonchev–Trinajstić information content (AvgIpc) is 2.66. The van der Waals surface area contributed by atoms with E-state index in [0.717, 1.165) is 0 Å². The summed E-state index contributed by atoms with van der Waals surface area (Å²) in [6.07, 6.45) is -5.19. The summed E-state index contributed by atoms with van der Waals surface area (Å²) in [5.41, 5.74) is 0.456. The molecule has 1 aromatic carbocycles. The molecule has 2 atom stereocenters. The van der Waals surface area contributed by atoms with Crippen molar-refractivity contribution in [2.75, 3.05) is 6.61 Å². The minimum absolute atomic E-state index is 0.00492. The van der Waals surface area contributed by atoms with E-state index in [2.05, 4.69) is 0 Å². The molecule has 88 valence electrons. The van der Waals surface area contributed by atoms with Crippen LogP contribution < -0.4 is 0 Å². The normalized spacial score (nSPS) is 25.9. The van der Waals surface area contributed by atoms with Gasteiger partial charge in [-0.1, -0.05) is 12.1 Å². The van der Waals surface area contributed by atoms with E-state index in [-0.39, 0.29) is 18.8 Å². The van der Waals surface area contributed by atoms with E-state index >= 15 is 0 Å². The smallest absolute Gasteiger partial charge is 0.394 e. The molecule has 16 heavy (non-hydrogen) atoms. The molecule has 0 amide bonds. The summed E-state index contributed by atoms with van der Waals surface area (Å²) in [4.78, 5) is 0. The van der Waals surface area contributed by atoms with Crippen molar-refractivity contribution >= 4 is 0 Å². The molecule has 0 unspecified atom stereocenters. The van der Waals surface area contributed by atoms with Crippen molar-refractivity contribution in [2.45, 2.75) is 18.7 Å². The largest absolute Gasteiger partial charge is 0.508 e. The molecule has 1 N–H and O–H groups in total. The van der Waals surface area contributed by atoms with Crippen LogP contribution in [0.5, 0.6) is 5.75 Å². The Morgan fingerprint density at radius 3 is 2.38 bits per heavy atom. The Morgan fingerprint density at radius 1 is 1.19 bits per heavy atom. The molecule has 5 heteroatoms. The highest BCUT2D eigenvalue weighted by atomic mass is 19.4. The molecule has 0 bridgehead atoms. The molecule has 1 aromatic rings. The van der Waals surface area contributed by atoms with Gasteiger partial charge in [-0.3, -0.25) is 0 Å². The molecule has 1 aliphatic heterocycles. The first-order valence-electron chi connectivity index (χ1n) is 4.96. The highest BCUT2D eigenvalue weighted by Gasteiger charge is 2.48. The van der Waals surface area contributed by atoms with Crippen molar-refractivity contribution < 1.29 is 23.0 Å². The third-order valence-corrected chi connectivity index (χ3v) is 2.73. The van der Waals surface area contributed by atoms with Gasteiger partial charge < -0.3 is 9.84 Å². The van der Waals surface area contributed by atoms with E-state index in [4.69, 9.17) is 9.84 Å². The van der Waals surface area contributed by atoms with Crippen LogP contribution in [0, 0.1) is 5.92 Å². The van der Waals surface area contributed by atoms with E-state index in [0.29, 0.717) is 5.56 Å². The fourth-order valence-corrected chi connectivity index (χ4v) is 1.92. The van der Waals surface area contributed by atoms with Gasteiger partial charge in [0.1, 0.15) is 5.75 Å². The van der Waals surface area contributed by atoms with Crippen molar-refractivity contribution in [2.24, 2.45) is 5.92 Å². The maximum absolute atomic E-state index is 12.6. The summed E-state index contributed by atoms with van der Waals surface area (Å²) in [6.45, 7) is 0.121. The number of benzene rings is 1. The molecule has 0 aromatic heterocycles. The number of halogens is 3. The molecule has 2 rings (SSSR count). The van der Waals surface area contributed by atoms with Crippen molar-refractivity contribution in [3.63, 3.8) is 0 Å². The second-order valence-corrected chi connectivity index (χ2v) is 3.82. The standard InChI is InChI=1S/C11H11F3O2/c12-11(13,14)9-5-6-16-10(9)7-1-3-8(15)4-2-7/h1-4,9-10,15H,5-6H2/t9-,10-/m1/s1. The van der Waals surface area contributed by atoms with Gasteiger partial charge in [0.2, 0.25) is 0 Å². The van der Waals surface area contributed by atoms with Crippen LogP contribution in [0.1, 0.15) is 18.1 Å². The van der Waals surface area contributed by atoms with Crippen molar-refractivity contribution in [3.05, 3.63) is 29.8 Å². The number of aromatic hydroxyl groups is 1. The molecular weight excluding hydrogens is 221 g/mol. The summed E-state index contributed by atoms with van der Waals surface area (Å²) in [5, 5.41) is 9.06. The zero-order chi connectivity index (χ0) is 11.8. The lowest BCUT2D eigenvalue weighted by Crippen LogP contribution is -2.25. The van der Waals surface area contributed by atoms with E-state index in [1.165, 1.54) is 24.3 Å². The Hall–Kier alpha value is -1.23. The lowest BCUT2D eigenvalue weighted by Gasteiger charge is -2.21. The van der Waals surface area contributed by atoms with Crippen LogP contribution >= 0.6 is 0 Å². The monoisotopic (exact) mass is 232 g/mol. The molecule has 0 saturated carbocycles. The third kappa shape index (κ3) is 2.14. The average molecular weight is 232 g/mol. The predicted molar refractivity (Wildman–Crippen MR) is 51.0 cm³/mol. The number of alkyl halides is 3. The molecule has 0 spiro atoms. The molecule has 1 heterocycles. The first kappa shape index (κ1) is 11.3. The highest BCUT2D eigenvalue weighted by Crippen LogP contribution is 2.44. The van der Waals surface area contributed by atoms with Gasteiger partial charge in [0.25, 0.3) is 0 Å². The van der Waals surface area contributed by atoms with Crippen LogP contribution in [0.15, 0.2) is 24.3 Å². The molecule has 1 saturated heterocycles. The summed E-state index contributed by atoms with van der Waals surface area (Å²) < 4.78 is 43.1. The lowest BCUT2D eigenvalue weighted by atomic mass is 9.95. The zero-order valence-electron chi connectivity index (χ0n) is 8.37. The number of ether oxygens (including phenoxy) is 1. The zero-order valence-corrected chi connectivity index (χ0v) is 8.37. The van der Waals surface area contributed by atoms with E-state index < -0.39 is 18.2 Å². The number of phenols is 1. The summed E-state index contributed by atoms with van der Waals surface area (Å²) in [5.74, 6) is -1.41. The number of hydrogen-bond donors (Lipinski definition) is 1. The van der Waals surface area contributed by atoms with Gasteiger partial charge in [-0.05, 0) is 24.1 Å². The van der Waals surface area contributed by atoms with Crippen molar-refractivity contribution in [1.29, 1.82) is 0 Å².